The molecule has 0 spiro atoms. The maximum Gasteiger partial charge on any atom is 0.190 e. The SMILES string of the molecule is CN=C(NC)NC1CSC(C)C1. The molecule has 0 amide bonds. The van der Waals surface area contributed by atoms with Crippen molar-refractivity contribution in [2.45, 2.75) is 24.6 Å². The van der Waals surface area contributed by atoms with E-state index in [2.05, 4.69) is 22.5 Å². The molecule has 1 aliphatic rings. The first-order valence-corrected chi connectivity index (χ1v) is 5.33. The minimum Gasteiger partial charge on any atom is -0.359 e. The molecule has 1 aliphatic heterocycles. The topological polar surface area (TPSA) is 36.4 Å². The van der Waals surface area contributed by atoms with Crippen LogP contribution >= 0.6 is 11.8 Å². The van der Waals surface area contributed by atoms with Gasteiger partial charge in [0, 0.05) is 31.1 Å². The van der Waals surface area contributed by atoms with E-state index < -0.39 is 0 Å². The number of nitrogens with one attached hydrogen (secondary N) is 2. The smallest absolute Gasteiger partial charge is 0.190 e. The van der Waals surface area contributed by atoms with Crippen LogP contribution in [-0.2, 0) is 0 Å². The van der Waals surface area contributed by atoms with E-state index in [1.807, 2.05) is 18.8 Å². The summed E-state index contributed by atoms with van der Waals surface area (Å²) in [7, 11) is 3.69. The lowest BCUT2D eigenvalue weighted by Crippen LogP contribution is -2.41. The summed E-state index contributed by atoms with van der Waals surface area (Å²) in [5.41, 5.74) is 0. The van der Waals surface area contributed by atoms with E-state index in [4.69, 9.17) is 0 Å². The Morgan fingerprint density at radius 2 is 2.33 bits per heavy atom. The maximum absolute atomic E-state index is 4.08. The molecule has 0 aliphatic carbocycles. The number of hydrogen-bond acceptors (Lipinski definition) is 2. The lowest BCUT2D eigenvalue weighted by atomic mass is 10.2. The van der Waals surface area contributed by atoms with Gasteiger partial charge in [0.25, 0.3) is 0 Å². The molecule has 2 unspecified atom stereocenters. The van der Waals surface area contributed by atoms with Crippen molar-refractivity contribution >= 4 is 17.7 Å². The van der Waals surface area contributed by atoms with Crippen molar-refractivity contribution in [3.05, 3.63) is 0 Å². The molecule has 2 atom stereocenters. The lowest BCUT2D eigenvalue weighted by molar-refractivity contribution is 0.631. The van der Waals surface area contributed by atoms with Gasteiger partial charge in [-0.2, -0.15) is 11.8 Å². The molecule has 12 heavy (non-hydrogen) atoms. The van der Waals surface area contributed by atoms with Gasteiger partial charge in [-0.3, -0.25) is 4.99 Å². The zero-order valence-corrected chi connectivity index (χ0v) is 8.74. The van der Waals surface area contributed by atoms with Gasteiger partial charge >= 0.3 is 0 Å². The maximum atomic E-state index is 4.08. The highest BCUT2D eigenvalue weighted by atomic mass is 32.2. The lowest BCUT2D eigenvalue weighted by Gasteiger charge is -2.14. The molecule has 0 aromatic heterocycles. The highest BCUT2D eigenvalue weighted by Gasteiger charge is 2.21. The van der Waals surface area contributed by atoms with Crippen LogP contribution in [0.15, 0.2) is 4.99 Å². The summed E-state index contributed by atoms with van der Waals surface area (Å²) in [6, 6.07) is 0.594. The molecule has 1 saturated heterocycles. The third-order valence-corrected chi connectivity index (χ3v) is 3.36. The first kappa shape index (κ1) is 9.71. The Hall–Kier alpha value is -0.380. The molecular weight excluding hydrogens is 170 g/mol. The van der Waals surface area contributed by atoms with E-state index in [0.29, 0.717) is 6.04 Å². The average Bonchev–Trinajstić information content (AvgIpc) is 2.47. The number of rotatable bonds is 1. The van der Waals surface area contributed by atoms with Gasteiger partial charge in [0.1, 0.15) is 0 Å². The summed E-state index contributed by atoms with van der Waals surface area (Å²) < 4.78 is 0. The molecule has 1 rings (SSSR count). The molecule has 1 heterocycles. The molecule has 2 N–H and O–H groups in total. The molecule has 0 aromatic carbocycles. The average molecular weight is 187 g/mol. The fourth-order valence-electron chi connectivity index (χ4n) is 1.36. The summed E-state index contributed by atoms with van der Waals surface area (Å²) in [5.74, 6) is 2.09. The Kier molecular flexibility index (Phi) is 3.72. The van der Waals surface area contributed by atoms with E-state index in [1.54, 1.807) is 7.05 Å². The van der Waals surface area contributed by atoms with E-state index >= 15 is 0 Å². The summed E-state index contributed by atoms with van der Waals surface area (Å²) in [5, 5.41) is 7.18. The molecule has 1 fully saturated rings. The summed E-state index contributed by atoms with van der Waals surface area (Å²) >= 11 is 2.02. The predicted molar refractivity (Wildman–Crippen MR) is 55.9 cm³/mol. The number of hydrogen-bond donors (Lipinski definition) is 2. The molecular formula is C8H17N3S. The van der Waals surface area contributed by atoms with Gasteiger partial charge in [-0.1, -0.05) is 6.92 Å². The minimum absolute atomic E-state index is 0.594. The van der Waals surface area contributed by atoms with Crippen LogP contribution in [0.25, 0.3) is 0 Å². The van der Waals surface area contributed by atoms with Crippen molar-refractivity contribution in [3.8, 4) is 0 Å². The van der Waals surface area contributed by atoms with E-state index in [0.717, 1.165) is 11.2 Å². The van der Waals surface area contributed by atoms with Gasteiger partial charge < -0.3 is 10.6 Å². The van der Waals surface area contributed by atoms with Crippen molar-refractivity contribution in [1.29, 1.82) is 0 Å². The number of thioether (sulfide) groups is 1. The summed E-state index contributed by atoms with van der Waals surface area (Å²) in [6.45, 7) is 2.27. The third kappa shape index (κ3) is 2.59. The number of nitrogens with zero attached hydrogens (tertiary/aromatic N) is 1. The van der Waals surface area contributed by atoms with E-state index in [-0.39, 0.29) is 0 Å². The van der Waals surface area contributed by atoms with Crippen LogP contribution in [0.4, 0.5) is 0 Å². The summed E-state index contributed by atoms with van der Waals surface area (Å²) in [4.78, 5) is 4.08. The largest absolute Gasteiger partial charge is 0.359 e. The second-order valence-corrected chi connectivity index (χ2v) is 4.51. The van der Waals surface area contributed by atoms with Gasteiger partial charge in [-0.05, 0) is 6.42 Å². The molecule has 0 radical (unpaired) electrons. The van der Waals surface area contributed by atoms with E-state index in [1.165, 1.54) is 12.2 Å². The number of aliphatic imine (C=N–C) groups is 1. The predicted octanol–water partition coefficient (Wildman–Crippen LogP) is 0.675. The van der Waals surface area contributed by atoms with E-state index in [9.17, 15) is 0 Å². The van der Waals surface area contributed by atoms with Gasteiger partial charge in [-0.15, -0.1) is 0 Å². The number of guanidine groups is 1. The van der Waals surface area contributed by atoms with Crippen LogP contribution in [0.1, 0.15) is 13.3 Å². The molecule has 0 bridgehead atoms. The fourth-order valence-corrected chi connectivity index (χ4v) is 2.51. The zero-order valence-electron chi connectivity index (χ0n) is 7.92. The second kappa shape index (κ2) is 4.60. The highest BCUT2D eigenvalue weighted by Crippen LogP contribution is 2.25. The van der Waals surface area contributed by atoms with Crippen LogP contribution in [0.2, 0.25) is 0 Å². The normalized spacial score (nSPS) is 30.4. The van der Waals surface area contributed by atoms with Crippen molar-refractivity contribution in [1.82, 2.24) is 10.6 Å². The minimum atomic E-state index is 0.594. The first-order valence-electron chi connectivity index (χ1n) is 4.29. The van der Waals surface area contributed by atoms with Gasteiger partial charge in [0.15, 0.2) is 5.96 Å². The van der Waals surface area contributed by atoms with Crippen molar-refractivity contribution < 1.29 is 0 Å². The monoisotopic (exact) mass is 187 g/mol. The third-order valence-electron chi connectivity index (χ3n) is 2.00. The van der Waals surface area contributed by atoms with Gasteiger partial charge in [0.05, 0.1) is 0 Å². The van der Waals surface area contributed by atoms with Crippen LogP contribution in [0.5, 0.6) is 0 Å². The fraction of sp³-hybridized carbons (Fsp3) is 0.875. The van der Waals surface area contributed by atoms with Gasteiger partial charge in [0.2, 0.25) is 0 Å². The van der Waals surface area contributed by atoms with Crippen molar-refractivity contribution in [2.75, 3.05) is 19.8 Å². The Bertz CT molecular complexity index is 170. The van der Waals surface area contributed by atoms with Crippen LogP contribution in [0.3, 0.4) is 0 Å². The Morgan fingerprint density at radius 1 is 1.58 bits per heavy atom. The quantitative estimate of drug-likeness (QED) is 0.468. The Morgan fingerprint density at radius 3 is 2.75 bits per heavy atom. The van der Waals surface area contributed by atoms with Crippen LogP contribution < -0.4 is 10.6 Å². The highest BCUT2D eigenvalue weighted by molar-refractivity contribution is 8.00. The van der Waals surface area contributed by atoms with Crippen molar-refractivity contribution in [2.24, 2.45) is 4.99 Å². The second-order valence-electron chi connectivity index (χ2n) is 3.04. The van der Waals surface area contributed by atoms with Crippen molar-refractivity contribution in [3.63, 3.8) is 0 Å². The Balaban J connectivity index is 2.31. The molecule has 70 valence electrons. The summed E-state index contributed by atoms with van der Waals surface area (Å²) in [6.07, 6.45) is 1.24. The molecule has 3 nitrogen and oxygen atoms in total. The molecule has 0 aromatic rings. The molecule has 4 heteroatoms. The molecule has 0 saturated carbocycles. The van der Waals surface area contributed by atoms with Crippen LogP contribution in [0, 0.1) is 0 Å². The Labute approximate surface area is 78.4 Å². The standard InChI is InChI=1S/C8H17N3S/c1-6-4-7(5-12-6)11-8(9-2)10-3/h6-7H,4-5H2,1-3H3,(H2,9,10,11). The van der Waals surface area contributed by atoms with Crippen LogP contribution in [-0.4, -0.2) is 37.1 Å². The van der Waals surface area contributed by atoms with Gasteiger partial charge in [-0.25, -0.2) is 0 Å². The first-order chi connectivity index (χ1) is 5.76. The zero-order chi connectivity index (χ0) is 8.97.